The minimum atomic E-state index is 0.447. The van der Waals surface area contributed by atoms with Gasteiger partial charge in [-0.2, -0.15) is 0 Å². The molecule has 1 aromatic carbocycles. The van der Waals surface area contributed by atoms with E-state index in [-0.39, 0.29) is 0 Å². The molecule has 1 nitrogen and oxygen atoms in total. The van der Waals surface area contributed by atoms with Crippen LogP contribution in [0, 0.1) is 12.3 Å². The highest BCUT2D eigenvalue weighted by Gasteiger charge is 2.31. The molecule has 0 bridgehead atoms. The fourth-order valence-electron chi connectivity index (χ4n) is 3.45. The molecule has 1 aliphatic rings. The third kappa shape index (κ3) is 4.85. The number of hydrogen-bond acceptors (Lipinski definition) is 1. The van der Waals surface area contributed by atoms with Crippen molar-refractivity contribution in [2.45, 2.75) is 78.2 Å². The second-order valence-corrected chi connectivity index (χ2v) is 7.72. The van der Waals surface area contributed by atoms with E-state index < -0.39 is 0 Å². The fraction of sp³-hybridized carbons (Fsp3) is 0.700. The monoisotopic (exact) mass is 287 g/mol. The van der Waals surface area contributed by atoms with Gasteiger partial charge in [0.15, 0.2) is 0 Å². The van der Waals surface area contributed by atoms with Gasteiger partial charge in [0.05, 0.1) is 0 Å². The van der Waals surface area contributed by atoms with Crippen LogP contribution in [-0.2, 0) is 0 Å². The first kappa shape index (κ1) is 16.5. The third-order valence-electron chi connectivity index (χ3n) is 5.09. The van der Waals surface area contributed by atoms with Crippen molar-refractivity contribution in [3.63, 3.8) is 0 Å². The van der Waals surface area contributed by atoms with Gasteiger partial charge in [0, 0.05) is 12.6 Å². The van der Waals surface area contributed by atoms with Crippen molar-refractivity contribution in [2.75, 3.05) is 6.54 Å². The summed E-state index contributed by atoms with van der Waals surface area (Å²) < 4.78 is 0. The zero-order valence-electron chi connectivity index (χ0n) is 14.4. The van der Waals surface area contributed by atoms with E-state index in [1.165, 1.54) is 50.6 Å². The van der Waals surface area contributed by atoms with E-state index in [9.17, 15) is 0 Å². The molecule has 1 fully saturated rings. The average Bonchev–Trinajstić information content (AvgIpc) is 2.39. The van der Waals surface area contributed by atoms with Crippen molar-refractivity contribution in [3.8, 4) is 0 Å². The normalized spacial score (nSPS) is 22.1. The Balaban J connectivity index is 1.70. The minimum Gasteiger partial charge on any atom is -0.313 e. The van der Waals surface area contributed by atoms with Crippen molar-refractivity contribution in [1.82, 2.24) is 5.32 Å². The predicted molar refractivity (Wildman–Crippen MR) is 92.9 cm³/mol. The molecular weight excluding hydrogens is 254 g/mol. The van der Waals surface area contributed by atoms with Gasteiger partial charge in [-0.3, -0.25) is 0 Å². The molecule has 0 heterocycles. The van der Waals surface area contributed by atoms with Crippen LogP contribution in [0.5, 0.6) is 0 Å². The molecule has 0 radical (unpaired) electrons. The Morgan fingerprint density at radius 3 is 2.52 bits per heavy atom. The first-order valence-corrected chi connectivity index (χ1v) is 8.81. The first-order chi connectivity index (χ1) is 10.0. The van der Waals surface area contributed by atoms with Crippen LogP contribution >= 0.6 is 0 Å². The van der Waals surface area contributed by atoms with Gasteiger partial charge in [-0.25, -0.2) is 0 Å². The van der Waals surface area contributed by atoms with Crippen LogP contribution in [0.15, 0.2) is 24.3 Å². The Bertz CT molecular complexity index is 429. The van der Waals surface area contributed by atoms with Gasteiger partial charge in [0.2, 0.25) is 0 Å². The summed E-state index contributed by atoms with van der Waals surface area (Å²) in [7, 11) is 0. The van der Waals surface area contributed by atoms with E-state index in [0.29, 0.717) is 5.41 Å². The van der Waals surface area contributed by atoms with E-state index in [0.717, 1.165) is 12.0 Å². The van der Waals surface area contributed by atoms with E-state index in [1.54, 1.807) is 5.56 Å². The number of rotatable bonds is 8. The Hall–Kier alpha value is -0.820. The SMILES string of the molecule is CCCCCC(C)(C)CNC1CC(c2ccccc2C)C1. The molecule has 1 aliphatic carbocycles. The molecular formula is C20H33N. The second-order valence-electron chi connectivity index (χ2n) is 7.72. The second kappa shape index (κ2) is 7.45. The molecule has 0 saturated heterocycles. The maximum atomic E-state index is 3.81. The van der Waals surface area contributed by atoms with E-state index in [1.807, 2.05) is 0 Å². The lowest BCUT2D eigenvalue weighted by molar-refractivity contribution is 0.231. The summed E-state index contributed by atoms with van der Waals surface area (Å²) >= 11 is 0. The van der Waals surface area contributed by atoms with Gasteiger partial charge in [0.25, 0.3) is 0 Å². The van der Waals surface area contributed by atoms with Gasteiger partial charge in [-0.05, 0) is 48.6 Å². The Kier molecular flexibility index (Phi) is 5.87. The fourth-order valence-corrected chi connectivity index (χ4v) is 3.45. The van der Waals surface area contributed by atoms with Crippen LogP contribution in [-0.4, -0.2) is 12.6 Å². The molecule has 0 atom stereocenters. The van der Waals surface area contributed by atoms with E-state index in [4.69, 9.17) is 0 Å². The maximum absolute atomic E-state index is 3.81. The van der Waals surface area contributed by atoms with Crippen molar-refractivity contribution in [1.29, 1.82) is 0 Å². The quantitative estimate of drug-likeness (QED) is 0.628. The smallest absolute Gasteiger partial charge is 0.00789 e. The molecule has 0 amide bonds. The number of nitrogens with one attached hydrogen (secondary N) is 1. The summed E-state index contributed by atoms with van der Waals surface area (Å²) in [5.74, 6) is 0.784. The number of aryl methyl sites for hydroxylation is 1. The average molecular weight is 287 g/mol. The molecule has 2 rings (SSSR count). The van der Waals surface area contributed by atoms with Crippen LogP contribution in [0.2, 0.25) is 0 Å². The summed E-state index contributed by atoms with van der Waals surface area (Å²) in [6.07, 6.45) is 8.06. The van der Waals surface area contributed by atoms with Crippen LogP contribution in [0.1, 0.15) is 76.3 Å². The lowest BCUT2D eigenvalue weighted by Gasteiger charge is -2.39. The van der Waals surface area contributed by atoms with Crippen molar-refractivity contribution < 1.29 is 0 Å². The standard InChI is InChI=1S/C20H33N/c1-5-6-9-12-20(3,4)15-21-18-13-17(14-18)19-11-8-7-10-16(19)2/h7-8,10-11,17-18,21H,5-6,9,12-15H2,1-4H3. The van der Waals surface area contributed by atoms with Gasteiger partial charge in [-0.15, -0.1) is 0 Å². The van der Waals surface area contributed by atoms with Crippen LogP contribution < -0.4 is 5.32 Å². The molecule has 21 heavy (non-hydrogen) atoms. The number of benzene rings is 1. The van der Waals surface area contributed by atoms with Crippen molar-refractivity contribution in [3.05, 3.63) is 35.4 Å². The summed E-state index contributed by atoms with van der Waals surface area (Å²) in [6.45, 7) is 10.5. The Morgan fingerprint density at radius 2 is 1.86 bits per heavy atom. The number of unbranched alkanes of at least 4 members (excludes halogenated alkanes) is 2. The number of hydrogen-bond donors (Lipinski definition) is 1. The van der Waals surface area contributed by atoms with Gasteiger partial charge in [0.1, 0.15) is 0 Å². The zero-order chi connectivity index (χ0) is 15.3. The van der Waals surface area contributed by atoms with Crippen LogP contribution in [0.25, 0.3) is 0 Å². The highest BCUT2D eigenvalue weighted by atomic mass is 14.9. The molecule has 0 aromatic heterocycles. The molecule has 1 aromatic rings. The molecule has 0 spiro atoms. The van der Waals surface area contributed by atoms with Crippen LogP contribution in [0.3, 0.4) is 0 Å². The van der Waals surface area contributed by atoms with E-state index in [2.05, 4.69) is 57.3 Å². The topological polar surface area (TPSA) is 12.0 Å². The molecule has 0 aliphatic heterocycles. The summed E-state index contributed by atoms with van der Waals surface area (Å²) in [6, 6.07) is 9.61. The molecule has 1 saturated carbocycles. The van der Waals surface area contributed by atoms with Crippen molar-refractivity contribution >= 4 is 0 Å². The highest BCUT2D eigenvalue weighted by Crippen LogP contribution is 2.38. The van der Waals surface area contributed by atoms with E-state index >= 15 is 0 Å². The Labute approximate surface area is 131 Å². The lowest BCUT2D eigenvalue weighted by atomic mass is 9.74. The predicted octanol–water partition coefficient (Wildman–Crippen LogP) is 5.44. The lowest BCUT2D eigenvalue weighted by Crippen LogP contribution is -2.44. The zero-order valence-corrected chi connectivity index (χ0v) is 14.4. The summed E-state index contributed by atoms with van der Waals surface area (Å²) in [5.41, 5.74) is 3.47. The van der Waals surface area contributed by atoms with Gasteiger partial charge in [-0.1, -0.05) is 64.3 Å². The minimum absolute atomic E-state index is 0.447. The molecule has 1 heteroatoms. The highest BCUT2D eigenvalue weighted by molar-refractivity contribution is 5.31. The molecule has 1 N–H and O–H groups in total. The van der Waals surface area contributed by atoms with Gasteiger partial charge >= 0.3 is 0 Å². The summed E-state index contributed by atoms with van der Waals surface area (Å²) in [4.78, 5) is 0. The maximum Gasteiger partial charge on any atom is 0.00789 e. The largest absolute Gasteiger partial charge is 0.313 e. The van der Waals surface area contributed by atoms with Crippen LogP contribution in [0.4, 0.5) is 0 Å². The Morgan fingerprint density at radius 1 is 1.14 bits per heavy atom. The summed E-state index contributed by atoms with van der Waals surface area (Å²) in [5, 5.41) is 3.81. The molecule has 0 unspecified atom stereocenters. The third-order valence-corrected chi connectivity index (χ3v) is 5.09. The first-order valence-electron chi connectivity index (χ1n) is 8.81. The van der Waals surface area contributed by atoms with Crippen molar-refractivity contribution in [2.24, 2.45) is 5.41 Å². The van der Waals surface area contributed by atoms with Gasteiger partial charge < -0.3 is 5.32 Å². The molecule has 118 valence electrons.